The molecule has 2 N–H and O–H groups in total. The number of hydrogen-bond donors (Lipinski definition) is 2. The summed E-state index contributed by atoms with van der Waals surface area (Å²) < 4.78 is 7.70. The van der Waals surface area contributed by atoms with E-state index in [1.165, 1.54) is 6.42 Å². The molecule has 26 heavy (non-hydrogen) atoms. The summed E-state index contributed by atoms with van der Waals surface area (Å²) in [6.07, 6.45) is 8.39. The first-order valence-corrected chi connectivity index (χ1v) is 9.40. The molecule has 1 aromatic carbocycles. The molecule has 6 heteroatoms. The van der Waals surface area contributed by atoms with Crippen LogP contribution in [0, 0.1) is 5.92 Å². The van der Waals surface area contributed by atoms with E-state index in [1.807, 2.05) is 29.1 Å². The Bertz CT molecular complexity index is 725. The smallest absolute Gasteiger partial charge is 0.251 e. The third kappa shape index (κ3) is 3.90. The zero-order valence-electron chi connectivity index (χ0n) is 14.8. The molecule has 2 saturated carbocycles. The lowest BCUT2D eigenvalue weighted by atomic mass is 9.96. The van der Waals surface area contributed by atoms with Crippen LogP contribution in [0.4, 0.5) is 0 Å². The van der Waals surface area contributed by atoms with E-state index in [-0.39, 0.29) is 11.9 Å². The highest BCUT2D eigenvalue weighted by Crippen LogP contribution is 2.28. The Morgan fingerprint density at radius 3 is 2.73 bits per heavy atom. The van der Waals surface area contributed by atoms with Crippen molar-refractivity contribution in [2.24, 2.45) is 5.92 Å². The highest BCUT2D eigenvalue weighted by molar-refractivity contribution is 5.94. The van der Waals surface area contributed by atoms with Gasteiger partial charge in [-0.2, -0.15) is 5.10 Å². The lowest BCUT2D eigenvalue weighted by Crippen LogP contribution is -2.39. The van der Waals surface area contributed by atoms with Crippen LogP contribution in [-0.4, -0.2) is 39.0 Å². The van der Waals surface area contributed by atoms with E-state index in [1.54, 1.807) is 18.3 Å². The molecule has 2 aliphatic carbocycles. The van der Waals surface area contributed by atoms with Crippen LogP contribution < -0.4 is 10.1 Å². The number of rotatable bonds is 6. The van der Waals surface area contributed by atoms with Gasteiger partial charge in [-0.1, -0.05) is 0 Å². The minimum atomic E-state index is -0.513. The fraction of sp³-hybridized carbons (Fsp3) is 0.500. The molecule has 1 unspecified atom stereocenters. The largest absolute Gasteiger partial charge is 0.490 e. The molecule has 1 heterocycles. The number of carbonyl (C=O) groups is 1. The van der Waals surface area contributed by atoms with Gasteiger partial charge in [0.15, 0.2) is 0 Å². The van der Waals surface area contributed by atoms with E-state index in [4.69, 9.17) is 4.74 Å². The molecule has 138 valence electrons. The number of hydrogen-bond acceptors (Lipinski definition) is 4. The Balaban J connectivity index is 1.30. The average Bonchev–Trinajstić information content (AvgIpc) is 3.22. The number of amides is 1. The van der Waals surface area contributed by atoms with E-state index < -0.39 is 6.10 Å². The van der Waals surface area contributed by atoms with E-state index in [2.05, 4.69) is 10.4 Å². The molecule has 0 aliphatic heterocycles. The van der Waals surface area contributed by atoms with Crippen molar-refractivity contribution >= 4 is 5.91 Å². The topological polar surface area (TPSA) is 76.4 Å². The zero-order valence-corrected chi connectivity index (χ0v) is 14.8. The molecule has 2 aromatic rings. The monoisotopic (exact) mass is 355 g/mol. The number of aromatic nitrogens is 2. The van der Waals surface area contributed by atoms with Crippen molar-refractivity contribution in [2.75, 3.05) is 0 Å². The molecular weight excluding hydrogens is 330 g/mol. The number of nitrogens with one attached hydrogen (secondary N) is 1. The highest BCUT2D eigenvalue weighted by Gasteiger charge is 2.34. The lowest BCUT2D eigenvalue weighted by molar-refractivity contribution is 0.0872. The van der Waals surface area contributed by atoms with Crippen LogP contribution in [0.1, 0.15) is 42.5 Å². The van der Waals surface area contributed by atoms with E-state index in [0.717, 1.165) is 31.6 Å². The minimum absolute atomic E-state index is 0.149. The Labute approximate surface area is 153 Å². The molecule has 6 nitrogen and oxygen atoms in total. The summed E-state index contributed by atoms with van der Waals surface area (Å²) >= 11 is 0. The normalized spacial score (nSPS) is 25.7. The second-order valence-corrected chi connectivity index (χ2v) is 7.41. The zero-order chi connectivity index (χ0) is 17.9. The first kappa shape index (κ1) is 17.1. The second kappa shape index (κ2) is 7.50. The summed E-state index contributed by atoms with van der Waals surface area (Å²) in [7, 11) is 0. The molecule has 0 radical (unpaired) electrons. The molecular formula is C20H25N3O3. The van der Waals surface area contributed by atoms with Crippen molar-refractivity contribution in [3.8, 4) is 5.75 Å². The van der Waals surface area contributed by atoms with Crippen molar-refractivity contribution < 1.29 is 14.6 Å². The Hall–Kier alpha value is -2.34. The maximum absolute atomic E-state index is 12.5. The Morgan fingerprint density at radius 1 is 1.27 bits per heavy atom. The summed E-state index contributed by atoms with van der Waals surface area (Å²) in [5.74, 6) is 0.976. The van der Waals surface area contributed by atoms with Gasteiger partial charge in [0.05, 0.1) is 18.2 Å². The first-order valence-electron chi connectivity index (χ1n) is 9.40. The molecule has 4 rings (SSSR count). The Kier molecular flexibility index (Phi) is 4.93. The highest BCUT2D eigenvalue weighted by atomic mass is 16.5. The quantitative estimate of drug-likeness (QED) is 0.834. The standard InChI is InChI=1S/C20H25N3O3/c24-19-12-14(13-23-10-2-9-21-23)11-18(19)22-20(25)15-5-7-17(8-6-15)26-16-3-1-4-16/h2,5-10,14,16,18-19,24H,1,3-4,11-13H2,(H,22,25)/t14?,18-,19-/m1/s1. The van der Waals surface area contributed by atoms with Crippen LogP contribution in [0.15, 0.2) is 42.7 Å². The Morgan fingerprint density at radius 2 is 2.08 bits per heavy atom. The van der Waals surface area contributed by atoms with Crippen LogP contribution in [0.2, 0.25) is 0 Å². The fourth-order valence-corrected chi connectivity index (χ4v) is 3.71. The molecule has 0 spiro atoms. The van der Waals surface area contributed by atoms with E-state index >= 15 is 0 Å². The number of carbonyl (C=O) groups excluding carboxylic acids is 1. The molecule has 2 aliphatic rings. The number of benzene rings is 1. The van der Waals surface area contributed by atoms with Gasteiger partial charge >= 0.3 is 0 Å². The summed E-state index contributed by atoms with van der Waals surface area (Å²) in [4.78, 5) is 12.5. The minimum Gasteiger partial charge on any atom is -0.490 e. The van der Waals surface area contributed by atoms with Gasteiger partial charge in [-0.15, -0.1) is 0 Å². The second-order valence-electron chi connectivity index (χ2n) is 7.41. The van der Waals surface area contributed by atoms with Gasteiger partial charge in [-0.05, 0) is 68.4 Å². The van der Waals surface area contributed by atoms with Crippen LogP contribution in [0.25, 0.3) is 0 Å². The molecule has 3 atom stereocenters. The average molecular weight is 355 g/mol. The van der Waals surface area contributed by atoms with E-state index in [9.17, 15) is 9.90 Å². The van der Waals surface area contributed by atoms with Crippen LogP contribution in [-0.2, 0) is 6.54 Å². The maximum Gasteiger partial charge on any atom is 0.251 e. The number of nitrogens with zero attached hydrogens (tertiary/aromatic N) is 2. The summed E-state index contributed by atoms with van der Waals surface area (Å²) in [6.45, 7) is 0.767. The summed E-state index contributed by atoms with van der Waals surface area (Å²) in [5, 5.41) is 17.5. The summed E-state index contributed by atoms with van der Waals surface area (Å²) in [6, 6.07) is 8.94. The van der Waals surface area contributed by atoms with Gasteiger partial charge in [0.1, 0.15) is 5.75 Å². The van der Waals surface area contributed by atoms with Crippen molar-refractivity contribution in [2.45, 2.75) is 56.9 Å². The van der Waals surface area contributed by atoms with Gasteiger partial charge in [0.2, 0.25) is 0 Å². The third-order valence-corrected chi connectivity index (χ3v) is 5.42. The molecule has 1 aromatic heterocycles. The van der Waals surface area contributed by atoms with Gasteiger partial charge in [-0.3, -0.25) is 9.48 Å². The molecule has 0 saturated heterocycles. The van der Waals surface area contributed by atoms with Gasteiger partial charge in [0.25, 0.3) is 5.91 Å². The van der Waals surface area contributed by atoms with Crippen LogP contribution in [0.3, 0.4) is 0 Å². The molecule has 2 fully saturated rings. The third-order valence-electron chi connectivity index (χ3n) is 5.42. The molecule has 1 amide bonds. The van der Waals surface area contributed by atoms with Crippen LogP contribution in [0.5, 0.6) is 5.75 Å². The van der Waals surface area contributed by atoms with Crippen molar-refractivity contribution in [3.63, 3.8) is 0 Å². The number of aliphatic hydroxyl groups is 1. The first-order chi connectivity index (χ1) is 12.7. The molecule has 0 bridgehead atoms. The summed E-state index contributed by atoms with van der Waals surface area (Å²) in [5.41, 5.74) is 0.591. The number of ether oxygens (including phenoxy) is 1. The van der Waals surface area contributed by atoms with Gasteiger partial charge < -0.3 is 15.2 Å². The maximum atomic E-state index is 12.5. The van der Waals surface area contributed by atoms with Crippen molar-refractivity contribution in [1.82, 2.24) is 15.1 Å². The number of aliphatic hydroxyl groups excluding tert-OH is 1. The van der Waals surface area contributed by atoms with Gasteiger partial charge in [-0.25, -0.2) is 0 Å². The lowest BCUT2D eigenvalue weighted by Gasteiger charge is -2.26. The van der Waals surface area contributed by atoms with E-state index in [0.29, 0.717) is 24.0 Å². The SMILES string of the molecule is O=C(N[C@@H]1CC(Cn2cccn2)C[C@H]1O)c1ccc(OC2CCC2)cc1. The van der Waals surface area contributed by atoms with Crippen molar-refractivity contribution in [3.05, 3.63) is 48.3 Å². The predicted octanol–water partition coefficient (Wildman–Crippen LogP) is 2.38. The van der Waals surface area contributed by atoms with Gasteiger partial charge in [0, 0.05) is 24.5 Å². The predicted molar refractivity (Wildman–Crippen MR) is 96.9 cm³/mol. The van der Waals surface area contributed by atoms with Crippen LogP contribution >= 0.6 is 0 Å². The van der Waals surface area contributed by atoms with Crippen molar-refractivity contribution in [1.29, 1.82) is 0 Å². The fourth-order valence-electron chi connectivity index (χ4n) is 3.71.